The van der Waals surface area contributed by atoms with Gasteiger partial charge in [-0.1, -0.05) is 158 Å². The van der Waals surface area contributed by atoms with Crippen LogP contribution < -0.4 is 0 Å². The molecule has 0 amide bonds. The lowest BCUT2D eigenvalue weighted by Gasteiger charge is -2.13. The molecule has 0 fully saturated rings. The van der Waals surface area contributed by atoms with Crippen LogP contribution in [0.25, 0.3) is 95.0 Å². The van der Waals surface area contributed by atoms with Gasteiger partial charge in [-0.2, -0.15) is 0 Å². The van der Waals surface area contributed by atoms with E-state index in [0.717, 1.165) is 39.0 Å². The average Bonchev–Trinajstić information content (AvgIpc) is 3.61. The smallest absolute Gasteiger partial charge is 0.164 e. The standard InChI is InChI=1S/C53H38N4/c1-35-14-9-10-21-45(35)47-33-41(25-24-36(47)2)42-30-31-50-48(34-42)46-22-11-12-23-49(46)57(50)44-20-13-19-43(32-44)53-55-51(39-17-7-4-8-18-39)54-52(56-53)40-28-26-38(27-29-40)37-15-5-3-6-16-37/h3-34H,1-2H3. The van der Waals surface area contributed by atoms with E-state index in [0.29, 0.717) is 17.5 Å². The zero-order valence-corrected chi connectivity index (χ0v) is 31.8. The van der Waals surface area contributed by atoms with Gasteiger partial charge in [0.25, 0.3) is 0 Å². The number of aromatic nitrogens is 4. The predicted octanol–water partition coefficient (Wildman–Crippen LogP) is 13.6. The normalized spacial score (nSPS) is 11.3. The highest BCUT2D eigenvalue weighted by atomic mass is 15.0. The van der Waals surface area contributed by atoms with Gasteiger partial charge in [-0.05, 0) is 94.8 Å². The highest BCUT2D eigenvalue weighted by molar-refractivity contribution is 6.10. The molecule has 57 heavy (non-hydrogen) atoms. The zero-order valence-electron chi connectivity index (χ0n) is 31.8. The van der Waals surface area contributed by atoms with Crippen molar-refractivity contribution < 1.29 is 0 Å². The molecule has 10 rings (SSSR count). The molecule has 0 atom stereocenters. The number of benzene rings is 8. The molecule has 4 nitrogen and oxygen atoms in total. The van der Waals surface area contributed by atoms with Crippen LogP contribution in [0.3, 0.4) is 0 Å². The molecule has 4 heteroatoms. The van der Waals surface area contributed by atoms with Crippen LogP contribution in [-0.4, -0.2) is 19.5 Å². The Bertz CT molecular complexity index is 3070. The van der Waals surface area contributed by atoms with Crippen molar-refractivity contribution in [3.05, 3.63) is 205 Å². The Balaban J connectivity index is 1.08. The molecule has 0 N–H and O–H groups in total. The molecule has 8 aromatic carbocycles. The minimum absolute atomic E-state index is 0.625. The SMILES string of the molecule is Cc1ccccc1-c1cc(-c2ccc3c(c2)c2ccccc2n3-c2cccc(-c3nc(-c4ccccc4)nc(-c4ccc(-c5ccccc5)cc4)n3)c2)ccc1C. The van der Waals surface area contributed by atoms with Crippen LogP contribution in [0.5, 0.6) is 0 Å². The molecule has 0 saturated carbocycles. The van der Waals surface area contributed by atoms with Gasteiger partial charge < -0.3 is 4.57 Å². The Hall–Kier alpha value is -7.43. The Morgan fingerprint density at radius 3 is 1.58 bits per heavy atom. The number of para-hydroxylation sites is 1. The van der Waals surface area contributed by atoms with E-state index in [-0.39, 0.29) is 0 Å². The van der Waals surface area contributed by atoms with Gasteiger partial charge in [-0.15, -0.1) is 0 Å². The Morgan fingerprint density at radius 2 is 0.825 bits per heavy atom. The van der Waals surface area contributed by atoms with Crippen LogP contribution in [0.2, 0.25) is 0 Å². The minimum atomic E-state index is 0.625. The number of rotatable bonds is 7. The molecule has 0 aliphatic carbocycles. The van der Waals surface area contributed by atoms with Gasteiger partial charge in [-0.3, -0.25) is 0 Å². The second kappa shape index (κ2) is 14.3. The third-order valence-electron chi connectivity index (χ3n) is 11.0. The quantitative estimate of drug-likeness (QED) is 0.164. The topological polar surface area (TPSA) is 43.6 Å². The van der Waals surface area contributed by atoms with Crippen molar-refractivity contribution in [2.45, 2.75) is 13.8 Å². The van der Waals surface area contributed by atoms with E-state index in [1.54, 1.807) is 0 Å². The summed E-state index contributed by atoms with van der Waals surface area (Å²) in [4.78, 5) is 15.2. The summed E-state index contributed by atoms with van der Waals surface area (Å²) in [6, 6.07) is 68.5. The van der Waals surface area contributed by atoms with Gasteiger partial charge in [0.05, 0.1) is 11.0 Å². The van der Waals surface area contributed by atoms with E-state index < -0.39 is 0 Å². The van der Waals surface area contributed by atoms with Gasteiger partial charge in [0.2, 0.25) is 0 Å². The van der Waals surface area contributed by atoms with Crippen molar-refractivity contribution in [1.82, 2.24) is 19.5 Å². The van der Waals surface area contributed by atoms with Crippen LogP contribution in [0, 0.1) is 13.8 Å². The molecule has 2 heterocycles. The maximum Gasteiger partial charge on any atom is 0.164 e. The lowest BCUT2D eigenvalue weighted by atomic mass is 9.92. The van der Waals surface area contributed by atoms with E-state index >= 15 is 0 Å². The van der Waals surface area contributed by atoms with Crippen molar-refractivity contribution >= 4 is 21.8 Å². The van der Waals surface area contributed by atoms with Crippen LogP contribution in [-0.2, 0) is 0 Å². The molecule has 0 spiro atoms. The van der Waals surface area contributed by atoms with Crippen LogP contribution in [0.1, 0.15) is 11.1 Å². The van der Waals surface area contributed by atoms with Crippen LogP contribution in [0.15, 0.2) is 194 Å². The first-order chi connectivity index (χ1) is 28.1. The van der Waals surface area contributed by atoms with Gasteiger partial charge >= 0.3 is 0 Å². The average molecular weight is 731 g/mol. The second-order valence-corrected chi connectivity index (χ2v) is 14.6. The third-order valence-corrected chi connectivity index (χ3v) is 11.0. The van der Waals surface area contributed by atoms with Crippen molar-refractivity contribution in [3.8, 4) is 73.2 Å². The molecule has 2 aromatic heterocycles. The van der Waals surface area contributed by atoms with E-state index in [2.05, 4.69) is 176 Å². The summed E-state index contributed by atoms with van der Waals surface area (Å²) in [7, 11) is 0. The summed E-state index contributed by atoms with van der Waals surface area (Å²) < 4.78 is 2.36. The molecule has 0 bridgehead atoms. The zero-order chi connectivity index (χ0) is 38.3. The monoisotopic (exact) mass is 730 g/mol. The summed E-state index contributed by atoms with van der Waals surface area (Å²) in [5, 5.41) is 2.41. The first-order valence-corrected chi connectivity index (χ1v) is 19.4. The van der Waals surface area contributed by atoms with E-state index in [1.807, 2.05) is 36.4 Å². The first kappa shape index (κ1) is 34.1. The number of hydrogen-bond acceptors (Lipinski definition) is 3. The maximum atomic E-state index is 5.10. The highest BCUT2D eigenvalue weighted by Crippen LogP contribution is 2.38. The summed E-state index contributed by atoms with van der Waals surface area (Å²) in [6.45, 7) is 4.38. The predicted molar refractivity (Wildman–Crippen MR) is 236 cm³/mol. The van der Waals surface area contributed by atoms with E-state index in [9.17, 15) is 0 Å². The summed E-state index contributed by atoms with van der Waals surface area (Å²) in [5.74, 6) is 1.90. The van der Waals surface area contributed by atoms with Crippen LogP contribution in [0.4, 0.5) is 0 Å². The molecule has 0 aliphatic rings. The van der Waals surface area contributed by atoms with Gasteiger partial charge in [0.15, 0.2) is 17.5 Å². The van der Waals surface area contributed by atoms with E-state index in [1.165, 1.54) is 49.7 Å². The fraction of sp³-hybridized carbons (Fsp3) is 0.0377. The van der Waals surface area contributed by atoms with Crippen molar-refractivity contribution in [1.29, 1.82) is 0 Å². The van der Waals surface area contributed by atoms with Crippen molar-refractivity contribution in [3.63, 3.8) is 0 Å². The summed E-state index contributed by atoms with van der Waals surface area (Å²) in [6.07, 6.45) is 0. The second-order valence-electron chi connectivity index (χ2n) is 14.6. The Morgan fingerprint density at radius 1 is 0.316 bits per heavy atom. The summed E-state index contributed by atoms with van der Waals surface area (Å²) in [5.41, 5.74) is 15.9. The fourth-order valence-electron chi connectivity index (χ4n) is 7.97. The molecule has 0 aliphatic heterocycles. The number of fused-ring (bicyclic) bond motifs is 3. The first-order valence-electron chi connectivity index (χ1n) is 19.4. The highest BCUT2D eigenvalue weighted by Gasteiger charge is 2.17. The van der Waals surface area contributed by atoms with Crippen molar-refractivity contribution in [2.75, 3.05) is 0 Å². The van der Waals surface area contributed by atoms with Gasteiger partial charge in [0, 0.05) is 33.2 Å². The third kappa shape index (κ3) is 6.37. The summed E-state index contributed by atoms with van der Waals surface area (Å²) >= 11 is 0. The van der Waals surface area contributed by atoms with Gasteiger partial charge in [-0.25, -0.2) is 15.0 Å². The Kier molecular flexibility index (Phi) is 8.57. The lowest BCUT2D eigenvalue weighted by Crippen LogP contribution is -2.01. The van der Waals surface area contributed by atoms with Gasteiger partial charge in [0.1, 0.15) is 0 Å². The molecular weight excluding hydrogens is 693 g/mol. The molecule has 10 aromatic rings. The number of aryl methyl sites for hydroxylation is 2. The molecule has 0 radical (unpaired) electrons. The van der Waals surface area contributed by atoms with E-state index in [4.69, 9.17) is 15.0 Å². The van der Waals surface area contributed by atoms with Crippen LogP contribution >= 0.6 is 0 Å². The largest absolute Gasteiger partial charge is 0.309 e. The van der Waals surface area contributed by atoms with Crippen molar-refractivity contribution in [2.24, 2.45) is 0 Å². The lowest BCUT2D eigenvalue weighted by molar-refractivity contribution is 1.07. The molecule has 270 valence electrons. The molecular formula is C53H38N4. The molecule has 0 unspecified atom stereocenters. The maximum absolute atomic E-state index is 5.10. The minimum Gasteiger partial charge on any atom is -0.309 e. The number of nitrogens with zero attached hydrogens (tertiary/aromatic N) is 4. The molecule has 0 saturated heterocycles. The Labute approximate surface area is 332 Å². The number of hydrogen-bond donors (Lipinski definition) is 0. The fourth-order valence-corrected chi connectivity index (χ4v) is 7.97.